The maximum absolute atomic E-state index is 12.8. The molecule has 4 heteroatoms. The highest BCUT2D eigenvalue weighted by molar-refractivity contribution is 5.83. The Labute approximate surface area is 120 Å². The summed E-state index contributed by atoms with van der Waals surface area (Å²) in [4.78, 5) is 12.4. The van der Waals surface area contributed by atoms with Gasteiger partial charge in [-0.3, -0.25) is 4.79 Å². The Morgan fingerprint density at radius 1 is 1.30 bits per heavy atom. The van der Waals surface area contributed by atoms with Crippen LogP contribution in [-0.4, -0.2) is 18.5 Å². The molecule has 0 aliphatic heterocycles. The number of nitrogens with one attached hydrogen (secondary N) is 1. The number of hydrogen-bond acceptors (Lipinski definition) is 2. The zero-order valence-electron chi connectivity index (χ0n) is 12.6. The fraction of sp³-hybridized carbons (Fsp3) is 0.562. The quantitative estimate of drug-likeness (QED) is 0.806. The number of hydrogen-bond donors (Lipinski definition) is 2. The van der Waals surface area contributed by atoms with Crippen molar-refractivity contribution in [2.45, 2.75) is 46.1 Å². The van der Waals surface area contributed by atoms with Gasteiger partial charge < -0.3 is 11.1 Å². The van der Waals surface area contributed by atoms with Gasteiger partial charge in [-0.25, -0.2) is 4.39 Å². The molecule has 3 N–H and O–H groups in total. The fourth-order valence-electron chi connectivity index (χ4n) is 2.35. The average molecular weight is 280 g/mol. The molecule has 20 heavy (non-hydrogen) atoms. The SMILES string of the molecule is CCC(CC)(CN)C(=O)NC(C)Cc1ccc(F)cc1. The van der Waals surface area contributed by atoms with E-state index < -0.39 is 5.41 Å². The van der Waals surface area contributed by atoms with Crippen molar-refractivity contribution in [3.8, 4) is 0 Å². The summed E-state index contributed by atoms with van der Waals surface area (Å²) in [7, 11) is 0. The third-order valence-corrected chi connectivity index (χ3v) is 4.06. The maximum atomic E-state index is 12.8. The Balaban J connectivity index is 2.63. The van der Waals surface area contributed by atoms with Crippen molar-refractivity contribution in [1.29, 1.82) is 0 Å². The van der Waals surface area contributed by atoms with E-state index in [0.29, 0.717) is 13.0 Å². The smallest absolute Gasteiger partial charge is 0.227 e. The second-order valence-electron chi connectivity index (χ2n) is 5.40. The number of rotatable bonds is 7. The van der Waals surface area contributed by atoms with E-state index in [1.54, 1.807) is 12.1 Å². The molecule has 0 aromatic heterocycles. The van der Waals surface area contributed by atoms with Gasteiger partial charge >= 0.3 is 0 Å². The molecule has 1 aromatic rings. The van der Waals surface area contributed by atoms with Gasteiger partial charge in [0.05, 0.1) is 5.41 Å². The van der Waals surface area contributed by atoms with Crippen molar-refractivity contribution in [2.75, 3.05) is 6.54 Å². The largest absolute Gasteiger partial charge is 0.353 e. The minimum Gasteiger partial charge on any atom is -0.353 e. The van der Waals surface area contributed by atoms with Gasteiger partial charge in [-0.15, -0.1) is 0 Å². The Hall–Kier alpha value is -1.42. The Bertz CT molecular complexity index is 418. The Kier molecular flexibility index (Phi) is 6.14. The molecular formula is C16H25FN2O. The van der Waals surface area contributed by atoms with Gasteiger partial charge in [0.25, 0.3) is 0 Å². The van der Waals surface area contributed by atoms with Gasteiger partial charge in [0, 0.05) is 12.6 Å². The number of amides is 1. The predicted octanol–water partition coefficient (Wildman–Crippen LogP) is 2.64. The van der Waals surface area contributed by atoms with E-state index in [4.69, 9.17) is 5.73 Å². The summed E-state index contributed by atoms with van der Waals surface area (Å²) in [5, 5.41) is 3.02. The summed E-state index contributed by atoms with van der Waals surface area (Å²) in [6.07, 6.45) is 2.14. The molecule has 0 spiro atoms. The van der Waals surface area contributed by atoms with E-state index in [0.717, 1.165) is 18.4 Å². The molecule has 0 heterocycles. The lowest BCUT2D eigenvalue weighted by Gasteiger charge is -2.30. The molecule has 0 radical (unpaired) electrons. The standard InChI is InChI=1S/C16H25FN2O/c1-4-16(5-2,11-18)15(20)19-12(3)10-13-6-8-14(17)9-7-13/h6-9,12H,4-5,10-11,18H2,1-3H3,(H,19,20). The topological polar surface area (TPSA) is 55.1 Å². The van der Waals surface area contributed by atoms with Crippen LogP contribution < -0.4 is 11.1 Å². The van der Waals surface area contributed by atoms with E-state index in [-0.39, 0.29) is 17.8 Å². The van der Waals surface area contributed by atoms with Crippen LogP contribution in [0.3, 0.4) is 0 Å². The first-order chi connectivity index (χ1) is 9.47. The molecule has 1 rings (SSSR count). The van der Waals surface area contributed by atoms with Gasteiger partial charge in [0.1, 0.15) is 5.82 Å². The lowest BCUT2D eigenvalue weighted by Crippen LogP contribution is -2.48. The molecule has 1 amide bonds. The average Bonchev–Trinajstić information content (AvgIpc) is 2.44. The van der Waals surface area contributed by atoms with Crippen LogP contribution in [0.5, 0.6) is 0 Å². The predicted molar refractivity (Wildman–Crippen MR) is 79.8 cm³/mol. The van der Waals surface area contributed by atoms with Crippen molar-refractivity contribution in [2.24, 2.45) is 11.1 Å². The number of carbonyl (C=O) groups is 1. The first kappa shape index (κ1) is 16.6. The number of halogens is 1. The summed E-state index contributed by atoms with van der Waals surface area (Å²) >= 11 is 0. The molecule has 0 aliphatic rings. The minimum absolute atomic E-state index is 0.00279. The highest BCUT2D eigenvalue weighted by Crippen LogP contribution is 2.25. The van der Waals surface area contributed by atoms with Crippen molar-refractivity contribution in [1.82, 2.24) is 5.32 Å². The van der Waals surface area contributed by atoms with Crippen molar-refractivity contribution in [3.63, 3.8) is 0 Å². The van der Waals surface area contributed by atoms with Crippen molar-refractivity contribution < 1.29 is 9.18 Å². The van der Waals surface area contributed by atoms with Gasteiger partial charge in [-0.05, 0) is 43.9 Å². The molecule has 0 saturated heterocycles. The lowest BCUT2D eigenvalue weighted by atomic mass is 9.81. The summed E-state index contributed by atoms with van der Waals surface area (Å²) < 4.78 is 12.8. The highest BCUT2D eigenvalue weighted by Gasteiger charge is 2.33. The zero-order valence-corrected chi connectivity index (χ0v) is 12.6. The van der Waals surface area contributed by atoms with E-state index in [2.05, 4.69) is 5.32 Å². The van der Waals surface area contributed by atoms with E-state index in [9.17, 15) is 9.18 Å². The molecule has 1 atom stereocenters. The van der Waals surface area contributed by atoms with Crippen LogP contribution in [0.15, 0.2) is 24.3 Å². The van der Waals surface area contributed by atoms with Crippen LogP contribution in [-0.2, 0) is 11.2 Å². The number of benzene rings is 1. The van der Waals surface area contributed by atoms with Gasteiger partial charge in [-0.2, -0.15) is 0 Å². The second-order valence-corrected chi connectivity index (χ2v) is 5.40. The molecule has 0 aliphatic carbocycles. The van der Waals surface area contributed by atoms with Crippen LogP contribution in [0.25, 0.3) is 0 Å². The summed E-state index contributed by atoms with van der Waals surface area (Å²) in [6.45, 7) is 6.28. The van der Waals surface area contributed by atoms with Crippen molar-refractivity contribution >= 4 is 5.91 Å². The Morgan fingerprint density at radius 2 is 1.85 bits per heavy atom. The number of nitrogens with two attached hydrogens (primary N) is 1. The van der Waals surface area contributed by atoms with Crippen LogP contribution >= 0.6 is 0 Å². The summed E-state index contributed by atoms with van der Waals surface area (Å²) in [6, 6.07) is 6.36. The molecule has 0 saturated carbocycles. The van der Waals surface area contributed by atoms with Crippen LogP contribution in [0.2, 0.25) is 0 Å². The maximum Gasteiger partial charge on any atom is 0.227 e. The summed E-state index contributed by atoms with van der Waals surface area (Å²) in [5.41, 5.74) is 6.30. The molecule has 0 bridgehead atoms. The van der Waals surface area contributed by atoms with E-state index in [1.807, 2.05) is 20.8 Å². The normalized spacial score (nSPS) is 13.1. The van der Waals surface area contributed by atoms with Gasteiger partial charge in [-0.1, -0.05) is 26.0 Å². The summed E-state index contributed by atoms with van der Waals surface area (Å²) in [5.74, 6) is -0.232. The fourth-order valence-corrected chi connectivity index (χ4v) is 2.35. The Morgan fingerprint density at radius 3 is 2.30 bits per heavy atom. The van der Waals surface area contributed by atoms with Crippen LogP contribution in [0.1, 0.15) is 39.2 Å². The molecular weight excluding hydrogens is 255 g/mol. The van der Waals surface area contributed by atoms with Crippen LogP contribution in [0.4, 0.5) is 4.39 Å². The molecule has 1 aromatic carbocycles. The molecule has 0 fully saturated rings. The third kappa shape index (κ3) is 4.04. The van der Waals surface area contributed by atoms with Gasteiger partial charge in [0.15, 0.2) is 0 Å². The molecule has 1 unspecified atom stereocenters. The van der Waals surface area contributed by atoms with E-state index >= 15 is 0 Å². The van der Waals surface area contributed by atoms with Crippen molar-refractivity contribution in [3.05, 3.63) is 35.6 Å². The zero-order chi connectivity index (χ0) is 15.2. The monoisotopic (exact) mass is 280 g/mol. The van der Waals surface area contributed by atoms with Crippen LogP contribution in [0, 0.1) is 11.2 Å². The van der Waals surface area contributed by atoms with E-state index in [1.165, 1.54) is 12.1 Å². The lowest BCUT2D eigenvalue weighted by molar-refractivity contribution is -0.131. The third-order valence-electron chi connectivity index (χ3n) is 4.06. The molecule has 3 nitrogen and oxygen atoms in total. The number of carbonyl (C=O) groups excluding carboxylic acids is 1. The highest BCUT2D eigenvalue weighted by atomic mass is 19.1. The minimum atomic E-state index is -0.475. The van der Waals surface area contributed by atoms with Gasteiger partial charge in [0.2, 0.25) is 5.91 Å². The molecule has 112 valence electrons. The second kappa shape index (κ2) is 7.39. The first-order valence-corrected chi connectivity index (χ1v) is 7.23. The first-order valence-electron chi connectivity index (χ1n) is 7.23.